The topological polar surface area (TPSA) is 62.5 Å². The zero-order chi connectivity index (χ0) is 19.4. The molecule has 0 radical (unpaired) electrons. The SMILES string of the molecule is Cc1nonc1CC(=O)N1C[C@H](c2cccc(F)c2F)[C@H]2[C@@H]1C1CCN2CC1. The summed E-state index contributed by atoms with van der Waals surface area (Å²) in [5, 5.41) is 7.57. The van der Waals surface area contributed by atoms with E-state index in [2.05, 4.69) is 15.2 Å². The van der Waals surface area contributed by atoms with Crippen LogP contribution in [0.3, 0.4) is 0 Å². The second-order valence-electron chi connectivity index (χ2n) is 8.12. The van der Waals surface area contributed by atoms with Gasteiger partial charge in [0.2, 0.25) is 5.91 Å². The van der Waals surface area contributed by atoms with Crippen molar-refractivity contribution in [2.75, 3.05) is 19.6 Å². The maximum Gasteiger partial charge on any atom is 0.229 e. The summed E-state index contributed by atoms with van der Waals surface area (Å²) in [6.45, 7) is 4.05. The van der Waals surface area contributed by atoms with Gasteiger partial charge in [-0.25, -0.2) is 13.4 Å². The molecule has 148 valence electrons. The van der Waals surface area contributed by atoms with Crippen LogP contribution < -0.4 is 0 Å². The van der Waals surface area contributed by atoms with Crippen molar-refractivity contribution in [1.29, 1.82) is 0 Å². The zero-order valence-corrected chi connectivity index (χ0v) is 15.6. The monoisotopic (exact) mass is 388 g/mol. The molecule has 0 unspecified atom stereocenters. The number of hydrogen-bond donors (Lipinski definition) is 0. The Hall–Kier alpha value is -2.35. The molecular formula is C20H22F2N4O2. The van der Waals surface area contributed by atoms with Gasteiger partial charge in [-0.3, -0.25) is 9.69 Å². The summed E-state index contributed by atoms with van der Waals surface area (Å²) < 4.78 is 33.2. The number of carbonyl (C=O) groups excluding carboxylic acids is 1. The summed E-state index contributed by atoms with van der Waals surface area (Å²) in [6.07, 6.45) is 2.19. The van der Waals surface area contributed by atoms with E-state index in [4.69, 9.17) is 4.63 Å². The van der Waals surface area contributed by atoms with Crippen molar-refractivity contribution in [3.05, 3.63) is 46.8 Å². The maximum atomic E-state index is 14.6. The molecule has 0 spiro atoms. The highest BCUT2D eigenvalue weighted by molar-refractivity contribution is 5.79. The lowest BCUT2D eigenvalue weighted by Crippen LogP contribution is -2.60. The third-order valence-corrected chi connectivity index (χ3v) is 6.76. The van der Waals surface area contributed by atoms with Crippen LogP contribution in [0, 0.1) is 24.5 Å². The second-order valence-corrected chi connectivity index (χ2v) is 8.12. The normalized spacial score (nSPS) is 31.2. The number of hydrogen-bond acceptors (Lipinski definition) is 5. The molecule has 6 rings (SSSR count). The minimum atomic E-state index is -0.834. The first-order chi connectivity index (χ1) is 13.5. The first kappa shape index (κ1) is 17.7. The molecule has 4 aliphatic heterocycles. The summed E-state index contributed by atoms with van der Waals surface area (Å²) in [7, 11) is 0. The fourth-order valence-electron chi connectivity index (χ4n) is 5.44. The molecule has 8 heteroatoms. The average Bonchev–Trinajstić information content (AvgIpc) is 3.30. The first-order valence-electron chi connectivity index (χ1n) is 9.80. The number of carbonyl (C=O) groups is 1. The van der Waals surface area contributed by atoms with Gasteiger partial charge < -0.3 is 4.90 Å². The number of aryl methyl sites for hydroxylation is 1. The summed E-state index contributed by atoms with van der Waals surface area (Å²) in [5.41, 5.74) is 1.51. The van der Waals surface area contributed by atoms with Gasteiger partial charge in [0.15, 0.2) is 11.6 Å². The van der Waals surface area contributed by atoms with Crippen molar-refractivity contribution in [3.63, 3.8) is 0 Å². The van der Waals surface area contributed by atoms with Crippen LogP contribution in [0.15, 0.2) is 22.8 Å². The Morgan fingerprint density at radius 1 is 1.21 bits per heavy atom. The molecule has 0 saturated carbocycles. The minimum Gasteiger partial charge on any atom is -0.337 e. The van der Waals surface area contributed by atoms with Gasteiger partial charge in [-0.05, 0) is 50.4 Å². The average molecular weight is 388 g/mol. The quantitative estimate of drug-likeness (QED) is 0.807. The molecule has 1 amide bonds. The second kappa shape index (κ2) is 6.62. The summed E-state index contributed by atoms with van der Waals surface area (Å²) in [4.78, 5) is 17.4. The Bertz CT molecular complexity index is 909. The van der Waals surface area contributed by atoms with Crippen LogP contribution in [-0.4, -0.2) is 57.7 Å². The number of fused-ring (bicyclic) bond motifs is 2. The molecule has 4 fully saturated rings. The van der Waals surface area contributed by atoms with Gasteiger partial charge in [0, 0.05) is 18.5 Å². The molecule has 4 aliphatic rings. The third kappa shape index (κ3) is 2.65. The van der Waals surface area contributed by atoms with Gasteiger partial charge in [-0.15, -0.1) is 0 Å². The largest absolute Gasteiger partial charge is 0.337 e. The lowest BCUT2D eigenvalue weighted by Gasteiger charge is -2.51. The molecule has 6 nitrogen and oxygen atoms in total. The Morgan fingerprint density at radius 2 is 2.00 bits per heavy atom. The van der Waals surface area contributed by atoms with Crippen LogP contribution in [0.2, 0.25) is 0 Å². The highest BCUT2D eigenvalue weighted by atomic mass is 19.2. The number of nitrogens with zero attached hydrogens (tertiary/aromatic N) is 4. The fraction of sp³-hybridized carbons (Fsp3) is 0.550. The number of amides is 1. The van der Waals surface area contributed by atoms with Crippen LogP contribution >= 0.6 is 0 Å². The Balaban J connectivity index is 1.49. The van der Waals surface area contributed by atoms with Gasteiger partial charge in [0.25, 0.3) is 0 Å². The van der Waals surface area contributed by atoms with E-state index in [9.17, 15) is 13.6 Å². The van der Waals surface area contributed by atoms with E-state index in [-0.39, 0.29) is 30.3 Å². The molecule has 4 saturated heterocycles. The summed E-state index contributed by atoms with van der Waals surface area (Å²) in [6, 6.07) is 4.41. The van der Waals surface area contributed by atoms with Crippen molar-refractivity contribution in [2.45, 2.75) is 44.2 Å². The fourth-order valence-corrected chi connectivity index (χ4v) is 5.44. The molecule has 1 aromatic heterocycles. The van der Waals surface area contributed by atoms with Crippen LogP contribution in [0.25, 0.3) is 0 Å². The Morgan fingerprint density at radius 3 is 2.71 bits per heavy atom. The van der Waals surface area contributed by atoms with E-state index in [0.717, 1.165) is 32.0 Å². The highest BCUT2D eigenvalue weighted by Crippen LogP contribution is 2.47. The maximum absolute atomic E-state index is 14.6. The molecule has 0 N–H and O–H groups in total. The van der Waals surface area contributed by atoms with Crippen LogP contribution in [-0.2, 0) is 11.2 Å². The third-order valence-electron chi connectivity index (χ3n) is 6.76. The standard InChI is InChI=1S/C20H22F2N4O2/c1-11-16(24-28-23-11)9-17(27)26-10-14(13-3-2-4-15(21)18(13)22)20-19(26)12-5-7-25(20)8-6-12/h2-4,12,14,19-20H,5-10H2,1H3/t14-,19+,20+/m1/s1. The van der Waals surface area contributed by atoms with Crippen molar-refractivity contribution < 1.29 is 18.2 Å². The molecular weight excluding hydrogens is 366 g/mol. The predicted molar refractivity (Wildman–Crippen MR) is 95.4 cm³/mol. The zero-order valence-electron chi connectivity index (χ0n) is 15.6. The molecule has 1 aromatic carbocycles. The highest BCUT2D eigenvalue weighted by Gasteiger charge is 2.55. The van der Waals surface area contributed by atoms with E-state index < -0.39 is 11.6 Å². The molecule has 2 aromatic rings. The summed E-state index contributed by atoms with van der Waals surface area (Å²) in [5.74, 6) is -1.51. The predicted octanol–water partition coefficient (Wildman–Crippen LogP) is 2.29. The molecule has 28 heavy (non-hydrogen) atoms. The van der Waals surface area contributed by atoms with E-state index in [0.29, 0.717) is 29.4 Å². The number of aromatic nitrogens is 2. The smallest absolute Gasteiger partial charge is 0.229 e. The van der Waals surface area contributed by atoms with Crippen LogP contribution in [0.1, 0.15) is 35.7 Å². The number of halogens is 2. The summed E-state index contributed by atoms with van der Waals surface area (Å²) >= 11 is 0. The number of benzene rings is 1. The van der Waals surface area contributed by atoms with E-state index in [1.807, 2.05) is 4.90 Å². The van der Waals surface area contributed by atoms with E-state index >= 15 is 0 Å². The van der Waals surface area contributed by atoms with Crippen molar-refractivity contribution in [3.8, 4) is 0 Å². The van der Waals surface area contributed by atoms with Gasteiger partial charge in [0.1, 0.15) is 11.4 Å². The van der Waals surface area contributed by atoms with E-state index in [1.54, 1.807) is 19.1 Å². The van der Waals surface area contributed by atoms with Crippen molar-refractivity contribution in [2.24, 2.45) is 5.92 Å². The number of likely N-dealkylation sites (tertiary alicyclic amines) is 1. The van der Waals surface area contributed by atoms with Crippen molar-refractivity contribution in [1.82, 2.24) is 20.1 Å². The van der Waals surface area contributed by atoms with Crippen molar-refractivity contribution >= 4 is 5.91 Å². The molecule has 0 aliphatic carbocycles. The van der Waals surface area contributed by atoms with Gasteiger partial charge in [-0.1, -0.05) is 22.4 Å². The van der Waals surface area contributed by atoms with Gasteiger partial charge in [0.05, 0.1) is 12.5 Å². The van der Waals surface area contributed by atoms with Crippen LogP contribution in [0.5, 0.6) is 0 Å². The number of rotatable bonds is 3. The van der Waals surface area contributed by atoms with Gasteiger partial charge >= 0.3 is 0 Å². The molecule has 3 atom stereocenters. The van der Waals surface area contributed by atoms with Crippen LogP contribution in [0.4, 0.5) is 8.78 Å². The van der Waals surface area contributed by atoms with E-state index in [1.165, 1.54) is 0 Å². The minimum absolute atomic E-state index is 0.0304. The molecule has 2 bridgehead atoms. The lowest BCUT2D eigenvalue weighted by molar-refractivity contribution is -0.135. The molecule has 5 heterocycles. The van der Waals surface area contributed by atoms with Gasteiger partial charge in [-0.2, -0.15) is 0 Å². The Labute approximate surface area is 161 Å². The first-order valence-corrected chi connectivity index (χ1v) is 9.80. The lowest BCUT2D eigenvalue weighted by atomic mass is 9.75. The Kier molecular flexibility index (Phi) is 4.19. The number of piperidine rings is 3.